The zero-order chi connectivity index (χ0) is 9.28. The molecule has 0 aromatic heterocycles. The zero-order valence-electron chi connectivity index (χ0n) is 6.17. The molecule has 8 heteroatoms. The number of rotatable bonds is 3. The van der Waals surface area contributed by atoms with Gasteiger partial charge in [-0.15, -0.1) is 0 Å². The predicted octanol–water partition coefficient (Wildman–Crippen LogP) is 0.656. The third-order valence-corrected chi connectivity index (χ3v) is 4.06. The Balaban J connectivity index is 4.39. The number of nitrogens with two attached hydrogens (primary N) is 1. The molecular formula is C3H11NO5P2. The highest BCUT2D eigenvalue weighted by Crippen LogP contribution is 2.57. The summed E-state index contributed by atoms with van der Waals surface area (Å²) in [4.78, 5) is 17.2. The van der Waals surface area contributed by atoms with Gasteiger partial charge in [-0.05, 0) is 0 Å². The molecule has 0 saturated carbocycles. The van der Waals surface area contributed by atoms with Gasteiger partial charge >= 0.3 is 15.3 Å². The van der Waals surface area contributed by atoms with Crippen LogP contribution < -0.4 is 5.50 Å². The van der Waals surface area contributed by atoms with Gasteiger partial charge in [-0.2, -0.15) is 0 Å². The Bertz CT molecular complexity index is 220. The molecule has 0 radical (unpaired) electrons. The Morgan fingerprint density at radius 1 is 1.36 bits per heavy atom. The molecule has 0 aromatic carbocycles. The molecule has 11 heavy (non-hydrogen) atoms. The van der Waals surface area contributed by atoms with Crippen LogP contribution in [0.15, 0.2) is 0 Å². The van der Waals surface area contributed by atoms with Gasteiger partial charge in [0.1, 0.15) is 0 Å². The van der Waals surface area contributed by atoms with Gasteiger partial charge in [-0.25, -0.2) is 14.4 Å². The summed E-state index contributed by atoms with van der Waals surface area (Å²) in [5, 5.41) is 0. The zero-order valence-corrected chi connectivity index (χ0v) is 7.96. The minimum absolute atomic E-state index is 0.744. The van der Waals surface area contributed by atoms with Crippen molar-refractivity contribution in [1.29, 1.82) is 0 Å². The first-order valence-corrected chi connectivity index (χ1v) is 6.09. The van der Waals surface area contributed by atoms with Crippen molar-refractivity contribution >= 4 is 15.3 Å². The van der Waals surface area contributed by atoms with Crippen LogP contribution in [-0.4, -0.2) is 15.4 Å². The van der Waals surface area contributed by atoms with Crippen LogP contribution in [-0.2, 0) is 13.4 Å². The third kappa shape index (κ3) is 4.69. The molecule has 2 atom stereocenters. The van der Waals surface area contributed by atoms with E-state index < -0.39 is 21.0 Å². The molecule has 2 unspecified atom stereocenters. The second kappa shape index (κ2) is 3.35. The third-order valence-electron chi connectivity index (χ3n) is 0.887. The molecule has 0 aliphatic rings. The second-order valence-corrected chi connectivity index (χ2v) is 6.25. The van der Waals surface area contributed by atoms with E-state index in [4.69, 9.17) is 9.79 Å². The first-order valence-electron chi connectivity index (χ1n) is 2.80. The minimum atomic E-state index is -4.35. The molecule has 0 amide bonds. The molecule has 0 aliphatic heterocycles. The molecule has 0 heterocycles. The van der Waals surface area contributed by atoms with Gasteiger partial charge in [0.05, 0.1) is 5.66 Å². The van der Waals surface area contributed by atoms with Gasteiger partial charge in [0.25, 0.3) is 0 Å². The van der Waals surface area contributed by atoms with Crippen LogP contribution in [0.25, 0.3) is 0 Å². The fourth-order valence-electron chi connectivity index (χ4n) is 0.262. The SMILES string of the molecule is CC(C)P(=O)(O)OP(N)(=O)O. The van der Waals surface area contributed by atoms with Crippen molar-refractivity contribution in [2.24, 2.45) is 5.50 Å². The van der Waals surface area contributed by atoms with E-state index in [2.05, 4.69) is 9.81 Å². The topological polar surface area (TPSA) is 110 Å². The lowest BCUT2D eigenvalue weighted by molar-refractivity contribution is 0.327. The maximum Gasteiger partial charge on any atom is 0.407 e. The summed E-state index contributed by atoms with van der Waals surface area (Å²) in [6.45, 7) is 2.77. The molecule has 68 valence electrons. The summed E-state index contributed by atoms with van der Waals surface area (Å²) in [5.41, 5.74) is 3.77. The van der Waals surface area contributed by atoms with Gasteiger partial charge in [0.15, 0.2) is 0 Å². The number of hydrogen-bond donors (Lipinski definition) is 3. The standard InChI is InChI=1S/C3H11NO5P2/c1-3(2)10(5,6)9-11(4,7)8/h3H,1-2H3,(H,5,6)(H3,4,7,8). The van der Waals surface area contributed by atoms with E-state index in [0.717, 1.165) is 0 Å². The Labute approximate surface area is 64.5 Å². The summed E-state index contributed by atoms with van der Waals surface area (Å²) in [7, 11) is -8.38. The predicted molar refractivity (Wildman–Crippen MR) is 40.1 cm³/mol. The maximum atomic E-state index is 10.9. The van der Waals surface area contributed by atoms with E-state index in [9.17, 15) is 9.13 Å². The molecular weight excluding hydrogens is 192 g/mol. The molecule has 0 fully saturated rings. The quantitative estimate of drug-likeness (QED) is 0.581. The Morgan fingerprint density at radius 2 is 1.73 bits per heavy atom. The van der Waals surface area contributed by atoms with Crippen LogP contribution >= 0.6 is 15.3 Å². The van der Waals surface area contributed by atoms with E-state index in [-0.39, 0.29) is 0 Å². The van der Waals surface area contributed by atoms with Gasteiger partial charge in [-0.3, -0.25) is 4.57 Å². The van der Waals surface area contributed by atoms with Crippen molar-refractivity contribution in [3.05, 3.63) is 0 Å². The van der Waals surface area contributed by atoms with Gasteiger partial charge in [0.2, 0.25) is 0 Å². The molecule has 0 aromatic rings. The highest BCUT2D eigenvalue weighted by molar-refractivity contribution is 7.65. The van der Waals surface area contributed by atoms with Crippen LogP contribution in [0, 0.1) is 0 Å². The Hall–Kier alpha value is 0.300. The minimum Gasteiger partial charge on any atom is -0.324 e. The van der Waals surface area contributed by atoms with E-state index in [0.29, 0.717) is 0 Å². The van der Waals surface area contributed by atoms with Gasteiger partial charge in [0, 0.05) is 0 Å². The lowest BCUT2D eigenvalue weighted by Crippen LogP contribution is -2.03. The van der Waals surface area contributed by atoms with Crippen LogP contribution in [0.2, 0.25) is 0 Å². The van der Waals surface area contributed by atoms with Crippen molar-refractivity contribution in [3.8, 4) is 0 Å². The van der Waals surface area contributed by atoms with Crippen molar-refractivity contribution < 1.29 is 23.2 Å². The summed E-state index contributed by atoms with van der Waals surface area (Å²) in [6, 6.07) is 0. The highest BCUT2D eigenvalue weighted by atomic mass is 31.3. The Kier molecular flexibility index (Phi) is 3.44. The normalized spacial score (nSPS) is 22.7. The summed E-state index contributed by atoms with van der Waals surface area (Å²) in [6.07, 6.45) is 0. The van der Waals surface area contributed by atoms with Crippen LogP contribution in [0.5, 0.6) is 0 Å². The van der Waals surface area contributed by atoms with Crippen molar-refractivity contribution in [1.82, 2.24) is 0 Å². The molecule has 0 aliphatic carbocycles. The van der Waals surface area contributed by atoms with Crippen molar-refractivity contribution in [2.45, 2.75) is 19.5 Å². The fraction of sp³-hybridized carbons (Fsp3) is 1.00. The van der Waals surface area contributed by atoms with Crippen LogP contribution in [0.1, 0.15) is 13.8 Å². The van der Waals surface area contributed by atoms with Crippen molar-refractivity contribution in [2.75, 3.05) is 0 Å². The monoisotopic (exact) mass is 203 g/mol. The van der Waals surface area contributed by atoms with Crippen molar-refractivity contribution in [3.63, 3.8) is 0 Å². The lowest BCUT2D eigenvalue weighted by atomic mass is 10.6. The lowest BCUT2D eigenvalue weighted by Gasteiger charge is -2.15. The second-order valence-electron chi connectivity index (χ2n) is 2.30. The average Bonchev–Trinajstić information content (AvgIpc) is 1.56. The molecule has 6 nitrogen and oxygen atoms in total. The fourth-order valence-corrected chi connectivity index (χ4v) is 2.36. The summed E-state index contributed by atoms with van der Waals surface area (Å²) in [5.74, 6) is 0. The number of hydrogen-bond acceptors (Lipinski definition) is 3. The molecule has 0 rings (SSSR count). The van der Waals surface area contributed by atoms with Crippen LogP contribution in [0.3, 0.4) is 0 Å². The summed E-state index contributed by atoms with van der Waals surface area (Å²) >= 11 is 0. The van der Waals surface area contributed by atoms with E-state index in [1.165, 1.54) is 13.8 Å². The van der Waals surface area contributed by atoms with E-state index >= 15 is 0 Å². The first kappa shape index (κ1) is 11.3. The highest BCUT2D eigenvalue weighted by Gasteiger charge is 2.32. The molecule has 0 bridgehead atoms. The Morgan fingerprint density at radius 3 is 1.82 bits per heavy atom. The smallest absolute Gasteiger partial charge is 0.324 e. The van der Waals surface area contributed by atoms with Gasteiger partial charge < -0.3 is 9.79 Å². The van der Waals surface area contributed by atoms with E-state index in [1.54, 1.807) is 0 Å². The van der Waals surface area contributed by atoms with Gasteiger partial charge in [-0.1, -0.05) is 13.8 Å². The first-order chi connectivity index (χ1) is 4.65. The van der Waals surface area contributed by atoms with Crippen LogP contribution in [0.4, 0.5) is 0 Å². The molecule has 4 N–H and O–H groups in total. The maximum absolute atomic E-state index is 10.9. The molecule has 0 spiro atoms. The molecule has 0 saturated heterocycles. The largest absolute Gasteiger partial charge is 0.407 e. The average molecular weight is 203 g/mol. The van der Waals surface area contributed by atoms with E-state index in [1.807, 2.05) is 0 Å². The summed E-state index contributed by atoms with van der Waals surface area (Å²) < 4.78 is 25.1.